The lowest BCUT2D eigenvalue weighted by Gasteiger charge is -2.09. The number of carbonyl (C=O) groups excluding carboxylic acids is 2. The van der Waals surface area contributed by atoms with Crippen molar-refractivity contribution in [2.45, 2.75) is 40.0 Å². The first-order chi connectivity index (χ1) is 6.07. The van der Waals surface area contributed by atoms with Gasteiger partial charge in [0.25, 0.3) is 0 Å². The lowest BCUT2D eigenvalue weighted by atomic mass is 10.1. The predicted octanol–water partition coefficient (Wildman–Crippen LogP) is 1.52. The summed E-state index contributed by atoms with van der Waals surface area (Å²) >= 11 is 0. The zero-order chi connectivity index (χ0) is 10.3. The highest BCUT2D eigenvalue weighted by molar-refractivity contribution is 5.80. The minimum absolute atomic E-state index is 0.0584. The van der Waals surface area contributed by atoms with E-state index in [4.69, 9.17) is 0 Å². The predicted molar refractivity (Wildman–Crippen MR) is 52.4 cm³/mol. The summed E-state index contributed by atoms with van der Waals surface area (Å²) in [6.45, 7) is 5.97. The molecule has 1 atom stereocenters. The zero-order valence-corrected chi connectivity index (χ0v) is 8.72. The van der Waals surface area contributed by atoms with Crippen LogP contribution in [0.3, 0.4) is 0 Å². The van der Waals surface area contributed by atoms with Crippen LogP contribution in [0.5, 0.6) is 0 Å². The number of hydrogen-bond acceptors (Lipinski definition) is 2. The van der Waals surface area contributed by atoms with Crippen LogP contribution < -0.4 is 5.32 Å². The quantitative estimate of drug-likeness (QED) is 0.682. The molecular weight excluding hydrogens is 166 g/mol. The lowest BCUT2D eigenvalue weighted by molar-refractivity contribution is -0.124. The molecule has 0 saturated heterocycles. The van der Waals surface area contributed by atoms with Crippen LogP contribution in [-0.4, -0.2) is 18.2 Å². The Balaban J connectivity index is 3.55. The fourth-order valence-corrected chi connectivity index (χ4v) is 1.10. The van der Waals surface area contributed by atoms with Crippen LogP contribution >= 0.6 is 0 Å². The van der Waals surface area contributed by atoms with Gasteiger partial charge >= 0.3 is 0 Å². The Morgan fingerprint density at radius 2 is 2.00 bits per heavy atom. The number of nitrogens with one attached hydrogen (secondary N) is 1. The summed E-state index contributed by atoms with van der Waals surface area (Å²) < 4.78 is 0. The monoisotopic (exact) mass is 185 g/mol. The van der Waals surface area contributed by atoms with Crippen molar-refractivity contribution in [3.05, 3.63) is 0 Å². The minimum atomic E-state index is 0.0584. The maximum atomic E-state index is 11.3. The number of Topliss-reactive ketones (excluding diaryl/α,β-unsaturated/α-hetero) is 1. The summed E-state index contributed by atoms with van der Waals surface area (Å²) in [5.74, 6) is 0.239. The first-order valence-electron chi connectivity index (χ1n) is 4.85. The van der Waals surface area contributed by atoms with Gasteiger partial charge in [-0.25, -0.2) is 0 Å². The second-order valence-corrected chi connectivity index (χ2v) is 3.43. The van der Waals surface area contributed by atoms with Gasteiger partial charge in [0.1, 0.15) is 5.78 Å². The second-order valence-electron chi connectivity index (χ2n) is 3.43. The van der Waals surface area contributed by atoms with Crippen LogP contribution in [0, 0.1) is 5.92 Å². The summed E-state index contributed by atoms with van der Waals surface area (Å²) in [6.07, 6.45) is 2.36. The van der Waals surface area contributed by atoms with Crippen molar-refractivity contribution in [3.63, 3.8) is 0 Å². The topological polar surface area (TPSA) is 46.2 Å². The first kappa shape index (κ1) is 12.1. The maximum absolute atomic E-state index is 11.3. The molecule has 1 unspecified atom stereocenters. The van der Waals surface area contributed by atoms with Crippen LogP contribution in [0.2, 0.25) is 0 Å². The van der Waals surface area contributed by atoms with Crippen molar-refractivity contribution in [1.82, 2.24) is 5.32 Å². The molecule has 1 amide bonds. The van der Waals surface area contributed by atoms with Crippen molar-refractivity contribution in [2.24, 2.45) is 5.92 Å². The fraction of sp³-hybridized carbons (Fsp3) is 0.800. The van der Waals surface area contributed by atoms with Gasteiger partial charge in [-0.1, -0.05) is 20.3 Å². The number of rotatable bonds is 6. The second kappa shape index (κ2) is 6.63. The van der Waals surface area contributed by atoms with E-state index in [2.05, 4.69) is 12.2 Å². The molecule has 0 aliphatic rings. The van der Waals surface area contributed by atoms with Crippen LogP contribution in [-0.2, 0) is 9.59 Å². The highest BCUT2D eigenvalue weighted by atomic mass is 16.2. The van der Waals surface area contributed by atoms with Crippen molar-refractivity contribution in [1.29, 1.82) is 0 Å². The molecule has 0 fully saturated rings. The Hall–Kier alpha value is -0.860. The number of carbonyl (C=O) groups is 2. The van der Waals surface area contributed by atoms with Gasteiger partial charge in [-0.05, 0) is 13.3 Å². The molecule has 0 bridgehead atoms. The van der Waals surface area contributed by atoms with E-state index in [1.807, 2.05) is 6.92 Å². The van der Waals surface area contributed by atoms with E-state index in [9.17, 15) is 9.59 Å². The summed E-state index contributed by atoms with van der Waals surface area (Å²) in [5.41, 5.74) is 0. The van der Waals surface area contributed by atoms with Gasteiger partial charge in [0.15, 0.2) is 0 Å². The minimum Gasteiger partial charge on any atom is -0.355 e. The molecule has 0 aliphatic carbocycles. The number of hydrogen-bond donors (Lipinski definition) is 1. The number of ketones is 1. The number of amides is 1. The van der Waals surface area contributed by atoms with Gasteiger partial charge in [-0.15, -0.1) is 0 Å². The lowest BCUT2D eigenvalue weighted by Crippen LogP contribution is -2.30. The molecule has 76 valence electrons. The molecule has 0 rings (SSSR count). The molecule has 3 heteroatoms. The third-order valence-corrected chi connectivity index (χ3v) is 1.95. The third-order valence-electron chi connectivity index (χ3n) is 1.95. The van der Waals surface area contributed by atoms with Gasteiger partial charge in [0.2, 0.25) is 5.91 Å². The van der Waals surface area contributed by atoms with Crippen molar-refractivity contribution in [3.8, 4) is 0 Å². The van der Waals surface area contributed by atoms with Gasteiger partial charge in [0, 0.05) is 18.9 Å². The summed E-state index contributed by atoms with van der Waals surface area (Å²) in [4.78, 5) is 21.9. The molecule has 0 saturated carbocycles. The van der Waals surface area contributed by atoms with Gasteiger partial charge in [0.05, 0.1) is 0 Å². The van der Waals surface area contributed by atoms with Crippen LogP contribution in [0.4, 0.5) is 0 Å². The molecule has 1 N–H and O–H groups in total. The SMILES string of the molecule is CCCC(C)C(=O)NCCC(C)=O. The van der Waals surface area contributed by atoms with Crippen LogP contribution in [0.15, 0.2) is 0 Å². The molecule has 13 heavy (non-hydrogen) atoms. The Kier molecular flexibility index (Phi) is 6.20. The molecule has 0 aliphatic heterocycles. The first-order valence-corrected chi connectivity index (χ1v) is 4.85. The summed E-state index contributed by atoms with van der Waals surface area (Å²) in [5, 5.41) is 2.74. The third kappa shape index (κ3) is 6.31. The van der Waals surface area contributed by atoms with E-state index in [0.29, 0.717) is 13.0 Å². The zero-order valence-electron chi connectivity index (χ0n) is 8.72. The van der Waals surface area contributed by atoms with Gasteiger partial charge < -0.3 is 5.32 Å². The van der Waals surface area contributed by atoms with Crippen molar-refractivity contribution < 1.29 is 9.59 Å². The van der Waals surface area contributed by atoms with E-state index in [1.165, 1.54) is 6.92 Å². The molecule has 0 spiro atoms. The summed E-state index contributed by atoms with van der Waals surface area (Å²) in [7, 11) is 0. The standard InChI is InChI=1S/C10H19NO2/c1-4-5-8(2)10(13)11-7-6-9(3)12/h8H,4-7H2,1-3H3,(H,11,13). The maximum Gasteiger partial charge on any atom is 0.222 e. The van der Waals surface area contributed by atoms with Crippen molar-refractivity contribution >= 4 is 11.7 Å². The van der Waals surface area contributed by atoms with E-state index < -0.39 is 0 Å². The molecule has 0 radical (unpaired) electrons. The molecule has 0 aromatic rings. The molecule has 3 nitrogen and oxygen atoms in total. The van der Waals surface area contributed by atoms with Gasteiger partial charge in [-0.3, -0.25) is 9.59 Å². The molecule has 0 heterocycles. The Labute approximate surface area is 79.9 Å². The van der Waals surface area contributed by atoms with Gasteiger partial charge in [-0.2, -0.15) is 0 Å². The normalized spacial score (nSPS) is 12.2. The highest BCUT2D eigenvalue weighted by Crippen LogP contribution is 2.04. The Morgan fingerprint density at radius 3 is 2.46 bits per heavy atom. The molecule has 0 aromatic carbocycles. The molecule has 0 aromatic heterocycles. The fourth-order valence-electron chi connectivity index (χ4n) is 1.10. The largest absolute Gasteiger partial charge is 0.355 e. The van der Waals surface area contributed by atoms with Crippen LogP contribution in [0.1, 0.15) is 40.0 Å². The Bertz CT molecular complexity index is 178. The Morgan fingerprint density at radius 1 is 1.38 bits per heavy atom. The molecular formula is C10H19NO2. The smallest absolute Gasteiger partial charge is 0.222 e. The van der Waals surface area contributed by atoms with Crippen LogP contribution in [0.25, 0.3) is 0 Å². The van der Waals surface area contributed by atoms with Crippen molar-refractivity contribution in [2.75, 3.05) is 6.54 Å². The van der Waals surface area contributed by atoms with E-state index in [0.717, 1.165) is 12.8 Å². The highest BCUT2D eigenvalue weighted by Gasteiger charge is 2.10. The summed E-state index contributed by atoms with van der Waals surface area (Å²) in [6, 6.07) is 0. The van der Waals surface area contributed by atoms with E-state index in [-0.39, 0.29) is 17.6 Å². The van der Waals surface area contributed by atoms with E-state index in [1.54, 1.807) is 0 Å². The van der Waals surface area contributed by atoms with E-state index >= 15 is 0 Å². The average molecular weight is 185 g/mol. The average Bonchev–Trinajstić information content (AvgIpc) is 2.04.